The second-order valence-electron chi connectivity index (χ2n) is 11.5. The molecule has 41 heavy (non-hydrogen) atoms. The van der Waals surface area contributed by atoms with Crippen molar-refractivity contribution in [2.24, 2.45) is 22.7 Å². The van der Waals surface area contributed by atoms with E-state index in [9.17, 15) is 31.9 Å². The molecule has 3 atom stereocenters. The summed E-state index contributed by atoms with van der Waals surface area (Å²) >= 11 is 0. The monoisotopic (exact) mass is 575 g/mol. The average molecular weight is 576 g/mol. The number of carbonyl (C=O) groups excluding carboxylic acids is 3. The highest BCUT2D eigenvalue weighted by atomic mass is 19.4. The zero-order valence-electron chi connectivity index (χ0n) is 23.1. The summed E-state index contributed by atoms with van der Waals surface area (Å²) < 4.78 is 60.3. The van der Waals surface area contributed by atoms with Gasteiger partial charge < -0.3 is 15.4 Å². The number of ether oxygens (including phenoxy) is 1. The number of anilines is 1. The van der Waals surface area contributed by atoms with E-state index < -0.39 is 66.2 Å². The number of hydrogen-bond donors (Lipinski definition) is 2. The summed E-state index contributed by atoms with van der Waals surface area (Å²) in [6.07, 6.45) is -6.37. The smallest absolute Gasteiger partial charge is 0.389 e. The van der Waals surface area contributed by atoms with Gasteiger partial charge in [0.1, 0.15) is 11.4 Å². The SMILES string of the molecule is CC(C)(C)OC(=O)C(CC1CC1)C(CCC(F)(F)F)C(=O)NC1N=C(c2ccccc2)c2cccc(F)c2NC1=O. The van der Waals surface area contributed by atoms with Crippen molar-refractivity contribution in [3.8, 4) is 0 Å². The number of hydrogen-bond acceptors (Lipinski definition) is 5. The Morgan fingerprint density at radius 2 is 1.73 bits per heavy atom. The van der Waals surface area contributed by atoms with Crippen LogP contribution in [0, 0.1) is 23.6 Å². The van der Waals surface area contributed by atoms with Crippen LogP contribution in [0.15, 0.2) is 53.5 Å². The summed E-state index contributed by atoms with van der Waals surface area (Å²) in [5.41, 5.74) is -0.0435. The Morgan fingerprint density at radius 1 is 1.05 bits per heavy atom. The molecule has 7 nitrogen and oxygen atoms in total. The minimum absolute atomic E-state index is 0.0927. The Hall–Kier alpha value is -3.76. The molecule has 0 aromatic heterocycles. The average Bonchev–Trinajstić information content (AvgIpc) is 3.71. The maximum absolute atomic E-state index is 14.8. The third-order valence-corrected chi connectivity index (χ3v) is 6.90. The van der Waals surface area contributed by atoms with Gasteiger partial charge in [0.25, 0.3) is 5.91 Å². The van der Waals surface area contributed by atoms with Crippen molar-refractivity contribution in [1.29, 1.82) is 0 Å². The van der Waals surface area contributed by atoms with Crippen LogP contribution in [0.1, 0.15) is 64.0 Å². The fraction of sp³-hybridized carbons (Fsp3) is 0.467. The van der Waals surface area contributed by atoms with Crippen LogP contribution in [0.3, 0.4) is 0 Å². The van der Waals surface area contributed by atoms with Gasteiger partial charge in [0.2, 0.25) is 12.1 Å². The summed E-state index contributed by atoms with van der Waals surface area (Å²) in [5, 5.41) is 4.91. The van der Waals surface area contributed by atoms with Gasteiger partial charge in [-0.1, -0.05) is 55.3 Å². The van der Waals surface area contributed by atoms with E-state index in [0.29, 0.717) is 5.56 Å². The highest BCUT2D eigenvalue weighted by Crippen LogP contribution is 2.40. The fourth-order valence-corrected chi connectivity index (χ4v) is 4.81. The Balaban J connectivity index is 1.69. The summed E-state index contributed by atoms with van der Waals surface area (Å²) in [6, 6.07) is 12.8. The minimum Gasteiger partial charge on any atom is -0.460 e. The van der Waals surface area contributed by atoms with Crippen molar-refractivity contribution in [1.82, 2.24) is 5.32 Å². The van der Waals surface area contributed by atoms with Gasteiger partial charge in [0, 0.05) is 17.5 Å². The molecule has 11 heteroatoms. The molecule has 1 heterocycles. The van der Waals surface area contributed by atoms with Crippen LogP contribution in [0.25, 0.3) is 0 Å². The van der Waals surface area contributed by atoms with Crippen molar-refractivity contribution in [2.45, 2.75) is 70.8 Å². The molecule has 2 aromatic carbocycles. The molecule has 3 unspecified atom stereocenters. The molecule has 4 rings (SSSR count). The van der Waals surface area contributed by atoms with Gasteiger partial charge in [-0.05, 0) is 45.6 Å². The largest absolute Gasteiger partial charge is 0.460 e. The van der Waals surface area contributed by atoms with Gasteiger partial charge in [-0.3, -0.25) is 14.4 Å². The topological polar surface area (TPSA) is 96.9 Å². The zero-order chi connectivity index (χ0) is 29.9. The zero-order valence-corrected chi connectivity index (χ0v) is 23.1. The molecule has 1 aliphatic carbocycles. The standard InChI is InChI=1S/C30H33F4N3O4/c1-29(2,3)41-28(40)21(16-17-12-13-17)19(14-15-30(32,33)34)26(38)37-25-27(39)36-24-20(10-7-11-22(24)31)23(35-25)18-8-5-4-6-9-18/h4-11,17,19,21,25H,12-16H2,1-3H3,(H,36,39)(H,37,38). The predicted molar refractivity (Wildman–Crippen MR) is 144 cm³/mol. The maximum atomic E-state index is 14.8. The molecular weight excluding hydrogens is 542 g/mol. The quantitative estimate of drug-likeness (QED) is 0.293. The number of halogens is 4. The van der Waals surface area contributed by atoms with E-state index in [1.165, 1.54) is 6.07 Å². The number of amides is 2. The second kappa shape index (κ2) is 12.0. The van der Waals surface area contributed by atoms with Crippen LogP contribution in [0.2, 0.25) is 0 Å². The van der Waals surface area contributed by atoms with E-state index >= 15 is 0 Å². The third kappa shape index (κ3) is 8.14. The molecule has 1 fully saturated rings. The van der Waals surface area contributed by atoms with E-state index in [1.807, 2.05) is 0 Å². The highest BCUT2D eigenvalue weighted by molar-refractivity contribution is 6.20. The molecule has 0 bridgehead atoms. The molecule has 2 aliphatic rings. The first-order chi connectivity index (χ1) is 19.2. The Morgan fingerprint density at radius 3 is 2.34 bits per heavy atom. The fourth-order valence-electron chi connectivity index (χ4n) is 4.81. The first kappa shape index (κ1) is 30.2. The third-order valence-electron chi connectivity index (χ3n) is 6.90. The van der Waals surface area contributed by atoms with Crippen LogP contribution in [0.4, 0.5) is 23.2 Å². The van der Waals surface area contributed by atoms with E-state index in [1.54, 1.807) is 57.2 Å². The van der Waals surface area contributed by atoms with Gasteiger partial charge in [-0.25, -0.2) is 9.38 Å². The van der Waals surface area contributed by atoms with Gasteiger partial charge >= 0.3 is 12.1 Å². The van der Waals surface area contributed by atoms with Crippen molar-refractivity contribution in [2.75, 3.05) is 5.32 Å². The van der Waals surface area contributed by atoms with Crippen LogP contribution in [-0.2, 0) is 19.1 Å². The molecule has 2 N–H and O–H groups in total. The molecule has 1 aliphatic heterocycles. The summed E-state index contributed by atoms with van der Waals surface area (Å²) in [7, 11) is 0. The number of nitrogens with one attached hydrogen (secondary N) is 2. The number of esters is 1. The number of nitrogens with zero attached hydrogens (tertiary/aromatic N) is 1. The summed E-state index contributed by atoms with van der Waals surface area (Å²) in [6.45, 7) is 4.91. The number of benzene rings is 2. The maximum Gasteiger partial charge on any atom is 0.389 e. The van der Waals surface area contributed by atoms with Crippen LogP contribution in [0.5, 0.6) is 0 Å². The van der Waals surface area contributed by atoms with E-state index in [2.05, 4.69) is 15.6 Å². The number of alkyl halides is 3. The number of rotatable bonds is 9. The molecule has 0 saturated heterocycles. The van der Waals surface area contributed by atoms with Crippen LogP contribution >= 0.6 is 0 Å². The van der Waals surface area contributed by atoms with Crippen LogP contribution < -0.4 is 10.6 Å². The number of carbonyl (C=O) groups is 3. The summed E-state index contributed by atoms with van der Waals surface area (Å²) in [5.74, 6) is -5.78. The number of para-hydroxylation sites is 1. The molecular formula is C30H33F4N3O4. The van der Waals surface area contributed by atoms with E-state index in [-0.39, 0.29) is 29.3 Å². The van der Waals surface area contributed by atoms with Crippen molar-refractivity contribution < 1.29 is 36.7 Å². The van der Waals surface area contributed by atoms with Gasteiger partial charge in [-0.2, -0.15) is 13.2 Å². The Kier molecular flexibility index (Phi) is 8.84. The summed E-state index contributed by atoms with van der Waals surface area (Å²) in [4.78, 5) is 44.5. The normalized spacial score (nSPS) is 18.8. The first-order valence-electron chi connectivity index (χ1n) is 13.5. The van der Waals surface area contributed by atoms with E-state index in [0.717, 1.165) is 18.9 Å². The van der Waals surface area contributed by atoms with Crippen molar-refractivity contribution in [3.63, 3.8) is 0 Å². The van der Waals surface area contributed by atoms with Gasteiger partial charge in [0.15, 0.2) is 0 Å². The first-order valence-corrected chi connectivity index (χ1v) is 13.5. The lowest BCUT2D eigenvalue weighted by molar-refractivity contribution is -0.167. The molecule has 220 valence electrons. The minimum atomic E-state index is -4.58. The highest BCUT2D eigenvalue weighted by Gasteiger charge is 2.43. The van der Waals surface area contributed by atoms with E-state index in [4.69, 9.17) is 4.74 Å². The lowest BCUT2D eigenvalue weighted by atomic mass is 9.83. The molecule has 1 saturated carbocycles. The van der Waals surface area contributed by atoms with Crippen molar-refractivity contribution in [3.05, 3.63) is 65.5 Å². The molecule has 2 aromatic rings. The van der Waals surface area contributed by atoms with Gasteiger partial charge in [-0.15, -0.1) is 0 Å². The predicted octanol–water partition coefficient (Wildman–Crippen LogP) is 5.77. The molecule has 0 radical (unpaired) electrons. The Labute approximate surface area is 235 Å². The lowest BCUT2D eigenvalue weighted by Gasteiger charge is -2.29. The Bertz CT molecular complexity index is 1320. The molecule has 0 spiro atoms. The molecule has 2 amide bonds. The second-order valence-corrected chi connectivity index (χ2v) is 11.5. The number of benzodiazepines with no additional fused rings is 1. The number of fused-ring (bicyclic) bond motifs is 1. The number of aliphatic imine (C=N–C) groups is 1. The van der Waals surface area contributed by atoms with Gasteiger partial charge in [0.05, 0.1) is 23.2 Å². The lowest BCUT2D eigenvalue weighted by Crippen LogP contribution is -2.48. The van der Waals surface area contributed by atoms with Crippen molar-refractivity contribution >= 4 is 29.2 Å². The van der Waals surface area contributed by atoms with Crippen LogP contribution in [-0.4, -0.2) is 41.4 Å².